The van der Waals surface area contributed by atoms with Crippen molar-refractivity contribution in [1.82, 2.24) is 9.55 Å². The molecule has 0 saturated heterocycles. The summed E-state index contributed by atoms with van der Waals surface area (Å²) < 4.78 is 1.75. The lowest BCUT2D eigenvalue weighted by Crippen LogP contribution is -2.25. The van der Waals surface area contributed by atoms with E-state index in [2.05, 4.69) is 4.98 Å². The van der Waals surface area contributed by atoms with Gasteiger partial charge in [0, 0.05) is 31.5 Å². The van der Waals surface area contributed by atoms with Crippen LogP contribution in [0.2, 0.25) is 0 Å². The van der Waals surface area contributed by atoms with Gasteiger partial charge in [0.25, 0.3) is 0 Å². The van der Waals surface area contributed by atoms with Crippen molar-refractivity contribution in [3.8, 4) is 0 Å². The number of hydrogen-bond donors (Lipinski definition) is 1. The molecule has 0 aliphatic carbocycles. The van der Waals surface area contributed by atoms with Crippen LogP contribution in [0.1, 0.15) is 5.69 Å². The Hall–Kier alpha value is -2.10. The normalized spacial score (nSPS) is 10.3. The molecule has 2 rings (SSSR count). The molecular weight excluding hydrogens is 212 g/mol. The van der Waals surface area contributed by atoms with E-state index in [0.29, 0.717) is 0 Å². The highest BCUT2D eigenvalue weighted by Crippen LogP contribution is 2.20. The molecule has 0 aliphatic rings. The van der Waals surface area contributed by atoms with E-state index in [-0.39, 0.29) is 5.62 Å². The molecule has 88 valence electrons. The van der Waals surface area contributed by atoms with Gasteiger partial charge in [-0.25, -0.2) is 0 Å². The highest BCUT2D eigenvalue weighted by molar-refractivity contribution is 5.58. The molecule has 0 amide bonds. The molecule has 0 atom stereocenters. The number of aryl methyl sites for hydroxylation is 1. The fraction of sp³-hybridized carbons (Fsp3) is 0.231. The number of aromatic nitrogens is 2. The molecule has 0 unspecified atom stereocenters. The van der Waals surface area contributed by atoms with E-state index in [1.54, 1.807) is 4.57 Å². The van der Waals surface area contributed by atoms with Crippen molar-refractivity contribution in [2.45, 2.75) is 6.92 Å². The predicted octanol–water partition coefficient (Wildman–Crippen LogP) is 1.98. The van der Waals surface area contributed by atoms with Crippen molar-refractivity contribution in [3.63, 3.8) is 0 Å². The molecule has 17 heavy (non-hydrogen) atoms. The second-order valence-corrected chi connectivity index (χ2v) is 4.03. The summed E-state index contributed by atoms with van der Waals surface area (Å²) in [5.74, 6) is 0.789. The van der Waals surface area contributed by atoms with Crippen LogP contribution in [0, 0.1) is 12.3 Å². The molecule has 4 heteroatoms. The van der Waals surface area contributed by atoms with Crippen LogP contribution in [-0.2, 0) is 7.05 Å². The van der Waals surface area contributed by atoms with Crippen molar-refractivity contribution in [3.05, 3.63) is 47.7 Å². The smallest absolute Gasteiger partial charge is 0.223 e. The lowest BCUT2D eigenvalue weighted by atomic mass is 10.3. The van der Waals surface area contributed by atoms with Crippen molar-refractivity contribution in [2.75, 3.05) is 11.9 Å². The summed E-state index contributed by atoms with van der Waals surface area (Å²) >= 11 is 0. The number of benzene rings is 1. The first kappa shape index (κ1) is 11.4. The molecule has 1 aromatic carbocycles. The number of hydrogen-bond acceptors (Lipinski definition) is 3. The molecule has 0 aliphatic heterocycles. The van der Waals surface area contributed by atoms with Gasteiger partial charge in [-0.3, -0.25) is 5.41 Å². The van der Waals surface area contributed by atoms with Crippen molar-refractivity contribution < 1.29 is 0 Å². The van der Waals surface area contributed by atoms with Crippen LogP contribution in [0.15, 0.2) is 36.4 Å². The third-order valence-corrected chi connectivity index (χ3v) is 2.89. The number of anilines is 2. The van der Waals surface area contributed by atoms with Gasteiger partial charge >= 0.3 is 0 Å². The maximum Gasteiger partial charge on any atom is 0.223 e. The average Bonchev–Trinajstić information content (AvgIpc) is 2.35. The molecule has 1 aromatic heterocycles. The first-order valence-electron chi connectivity index (χ1n) is 5.47. The standard InChI is InChI=1S/C13H16N4/c1-10-9-12(15-13(14)16(10)2)17(3)11-7-5-4-6-8-11/h4-9,14H,1-3H3. The van der Waals surface area contributed by atoms with E-state index in [1.807, 2.05) is 62.3 Å². The quantitative estimate of drug-likeness (QED) is 0.854. The number of nitrogens with one attached hydrogen (secondary N) is 1. The minimum absolute atomic E-state index is 0.266. The van der Waals surface area contributed by atoms with Gasteiger partial charge in [0.05, 0.1) is 0 Å². The second-order valence-electron chi connectivity index (χ2n) is 4.03. The van der Waals surface area contributed by atoms with Crippen LogP contribution >= 0.6 is 0 Å². The highest BCUT2D eigenvalue weighted by Gasteiger charge is 2.06. The van der Waals surface area contributed by atoms with E-state index < -0.39 is 0 Å². The van der Waals surface area contributed by atoms with E-state index in [0.717, 1.165) is 17.2 Å². The summed E-state index contributed by atoms with van der Waals surface area (Å²) in [6.45, 7) is 1.97. The topological polar surface area (TPSA) is 44.9 Å². The molecule has 0 radical (unpaired) electrons. The Balaban J connectivity index is 2.45. The predicted molar refractivity (Wildman–Crippen MR) is 68.3 cm³/mol. The van der Waals surface area contributed by atoms with E-state index >= 15 is 0 Å². The summed E-state index contributed by atoms with van der Waals surface area (Å²) in [5.41, 5.74) is 2.35. The summed E-state index contributed by atoms with van der Waals surface area (Å²) in [6.07, 6.45) is 0. The van der Waals surface area contributed by atoms with Gasteiger partial charge in [0.2, 0.25) is 5.62 Å². The largest absolute Gasteiger partial charge is 0.329 e. The molecule has 1 N–H and O–H groups in total. The van der Waals surface area contributed by atoms with Crippen LogP contribution in [-0.4, -0.2) is 16.6 Å². The molecular formula is C13H16N4. The minimum atomic E-state index is 0.266. The summed E-state index contributed by atoms with van der Waals surface area (Å²) in [4.78, 5) is 6.24. The molecule has 0 spiro atoms. The van der Waals surface area contributed by atoms with Crippen molar-refractivity contribution in [1.29, 1.82) is 5.41 Å². The second kappa shape index (κ2) is 4.41. The Morgan fingerprint density at radius 3 is 2.47 bits per heavy atom. The van der Waals surface area contributed by atoms with Gasteiger partial charge in [-0.05, 0) is 19.1 Å². The summed E-state index contributed by atoms with van der Waals surface area (Å²) in [6, 6.07) is 12.0. The van der Waals surface area contributed by atoms with E-state index in [9.17, 15) is 0 Å². The molecule has 2 aromatic rings. The Morgan fingerprint density at radius 2 is 1.88 bits per heavy atom. The van der Waals surface area contributed by atoms with E-state index in [4.69, 9.17) is 5.41 Å². The monoisotopic (exact) mass is 228 g/mol. The number of nitrogens with zero attached hydrogens (tertiary/aromatic N) is 3. The van der Waals surface area contributed by atoms with Crippen LogP contribution in [0.4, 0.5) is 11.5 Å². The zero-order valence-electron chi connectivity index (χ0n) is 10.3. The number of rotatable bonds is 2. The highest BCUT2D eigenvalue weighted by atomic mass is 15.2. The average molecular weight is 228 g/mol. The van der Waals surface area contributed by atoms with E-state index in [1.165, 1.54) is 0 Å². The Labute approximate surface area is 101 Å². The Kier molecular flexibility index (Phi) is 2.95. The fourth-order valence-electron chi connectivity index (χ4n) is 1.62. The maximum absolute atomic E-state index is 7.78. The summed E-state index contributed by atoms with van der Waals surface area (Å²) in [5, 5.41) is 7.78. The van der Waals surface area contributed by atoms with Gasteiger partial charge in [-0.1, -0.05) is 18.2 Å². The minimum Gasteiger partial charge on any atom is -0.329 e. The molecule has 4 nitrogen and oxygen atoms in total. The third kappa shape index (κ3) is 2.20. The first-order valence-corrected chi connectivity index (χ1v) is 5.47. The van der Waals surface area contributed by atoms with Crippen molar-refractivity contribution >= 4 is 11.5 Å². The van der Waals surface area contributed by atoms with Gasteiger partial charge in [0.15, 0.2) is 0 Å². The molecule has 1 heterocycles. The van der Waals surface area contributed by atoms with Crippen LogP contribution in [0.3, 0.4) is 0 Å². The fourth-order valence-corrected chi connectivity index (χ4v) is 1.62. The molecule has 0 bridgehead atoms. The summed E-state index contributed by atoms with van der Waals surface area (Å²) in [7, 11) is 3.80. The van der Waals surface area contributed by atoms with Gasteiger partial charge < -0.3 is 9.47 Å². The van der Waals surface area contributed by atoms with Crippen LogP contribution in [0.5, 0.6) is 0 Å². The number of para-hydroxylation sites is 1. The van der Waals surface area contributed by atoms with Crippen LogP contribution < -0.4 is 10.5 Å². The van der Waals surface area contributed by atoms with Crippen molar-refractivity contribution in [2.24, 2.45) is 7.05 Å². The molecule has 0 fully saturated rings. The maximum atomic E-state index is 7.78. The lowest BCUT2D eigenvalue weighted by Gasteiger charge is -2.19. The molecule has 0 saturated carbocycles. The lowest BCUT2D eigenvalue weighted by molar-refractivity contribution is 0.732. The van der Waals surface area contributed by atoms with Gasteiger partial charge in [-0.2, -0.15) is 4.98 Å². The van der Waals surface area contributed by atoms with Gasteiger partial charge in [-0.15, -0.1) is 0 Å². The SMILES string of the molecule is Cc1cc(N(C)c2ccccc2)nc(=N)n1C. The zero-order chi connectivity index (χ0) is 12.4. The first-order chi connectivity index (χ1) is 8.09. The zero-order valence-corrected chi connectivity index (χ0v) is 10.3. The third-order valence-electron chi connectivity index (χ3n) is 2.89. The van der Waals surface area contributed by atoms with Gasteiger partial charge in [0.1, 0.15) is 5.82 Å². The Bertz CT molecular complexity index is 572. The Morgan fingerprint density at radius 1 is 1.24 bits per heavy atom. The van der Waals surface area contributed by atoms with Crippen LogP contribution in [0.25, 0.3) is 0 Å².